The van der Waals surface area contributed by atoms with E-state index in [0.29, 0.717) is 6.42 Å². The van der Waals surface area contributed by atoms with Crippen LogP contribution in [0.4, 0.5) is 0 Å². The Hall–Kier alpha value is -0.160. The molecule has 0 rings (SSSR count). The molecule has 0 fully saturated rings. The van der Waals surface area contributed by atoms with Crippen LogP contribution in [-0.4, -0.2) is 32.5 Å². The molecule has 4 N–H and O–H groups in total. The minimum absolute atomic E-state index is 0.404. The van der Waals surface area contributed by atoms with Gasteiger partial charge >= 0.3 is 0 Å². The highest BCUT2D eigenvalue weighted by Crippen LogP contribution is 2.12. The normalized spacial score (nSPS) is 14.5. The van der Waals surface area contributed by atoms with E-state index in [4.69, 9.17) is 15.3 Å². The fourth-order valence-corrected chi connectivity index (χ4v) is 1.22. The van der Waals surface area contributed by atoms with Gasteiger partial charge in [0.05, 0.1) is 12.5 Å². The van der Waals surface area contributed by atoms with Gasteiger partial charge in [-0.1, -0.05) is 32.6 Å². The lowest BCUT2D eigenvalue weighted by molar-refractivity contribution is -0.322. The maximum absolute atomic E-state index is 9.20. The maximum atomic E-state index is 9.20. The fourth-order valence-electron chi connectivity index (χ4n) is 1.22. The number of rotatable bonds is 7. The summed E-state index contributed by atoms with van der Waals surface area (Å²) in [5, 5.41) is 34.8. The molecular formula is C9H20O4. The lowest BCUT2D eigenvalue weighted by atomic mass is 10.1. The van der Waals surface area contributed by atoms with Crippen molar-refractivity contribution in [1.82, 2.24) is 0 Å². The van der Waals surface area contributed by atoms with Crippen molar-refractivity contribution in [2.45, 2.75) is 57.5 Å². The third-order valence-corrected chi connectivity index (χ3v) is 1.90. The van der Waals surface area contributed by atoms with Crippen LogP contribution in [0.5, 0.6) is 0 Å². The number of aliphatic hydroxyl groups excluding tert-OH is 1. The molecule has 0 radical (unpaired) electrons. The van der Waals surface area contributed by atoms with E-state index in [1.54, 1.807) is 0 Å². The van der Waals surface area contributed by atoms with Crippen LogP contribution in [0.2, 0.25) is 0 Å². The topological polar surface area (TPSA) is 80.9 Å². The van der Waals surface area contributed by atoms with E-state index in [2.05, 4.69) is 6.92 Å². The first kappa shape index (κ1) is 12.8. The summed E-state index contributed by atoms with van der Waals surface area (Å²) in [6.07, 6.45) is 3.39. The van der Waals surface area contributed by atoms with Crippen molar-refractivity contribution in [2.75, 3.05) is 0 Å². The molecule has 80 valence electrons. The van der Waals surface area contributed by atoms with Crippen LogP contribution in [0.25, 0.3) is 0 Å². The predicted molar refractivity (Wildman–Crippen MR) is 48.8 cm³/mol. The molecule has 13 heavy (non-hydrogen) atoms. The molecule has 0 saturated carbocycles. The van der Waals surface area contributed by atoms with E-state index in [0.717, 1.165) is 25.7 Å². The predicted octanol–water partition coefficient (Wildman–Crippen LogP) is 0.338. The van der Waals surface area contributed by atoms with Crippen molar-refractivity contribution >= 4 is 0 Å². The Bertz CT molecular complexity index is 119. The Morgan fingerprint density at radius 3 is 2.15 bits per heavy atom. The van der Waals surface area contributed by atoms with Gasteiger partial charge in [0.2, 0.25) is 0 Å². The van der Waals surface area contributed by atoms with Crippen LogP contribution in [0, 0.1) is 0 Å². The highest BCUT2D eigenvalue weighted by Gasteiger charge is 2.22. The van der Waals surface area contributed by atoms with E-state index >= 15 is 0 Å². The van der Waals surface area contributed by atoms with Gasteiger partial charge in [0, 0.05) is 0 Å². The number of aliphatic hydroxyl groups is 4. The van der Waals surface area contributed by atoms with Crippen molar-refractivity contribution in [3.63, 3.8) is 0 Å². The first-order valence-corrected chi connectivity index (χ1v) is 4.81. The van der Waals surface area contributed by atoms with Crippen molar-refractivity contribution in [3.8, 4) is 0 Å². The molecule has 4 heteroatoms. The summed E-state index contributed by atoms with van der Waals surface area (Å²) in [4.78, 5) is 0. The lowest BCUT2D eigenvalue weighted by Gasteiger charge is -2.18. The Morgan fingerprint density at radius 2 is 1.69 bits per heavy atom. The van der Waals surface area contributed by atoms with Crippen LogP contribution in [-0.2, 0) is 0 Å². The first-order chi connectivity index (χ1) is 5.95. The van der Waals surface area contributed by atoms with E-state index in [1.807, 2.05) is 0 Å². The van der Waals surface area contributed by atoms with E-state index in [9.17, 15) is 5.11 Å². The summed E-state index contributed by atoms with van der Waals surface area (Å²) in [6.45, 7) is 2.09. The molecule has 0 aliphatic rings. The molecule has 0 bridgehead atoms. The number of hydrogen-bond donors (Lipinski definition) is 4. The summed E-state index contributed by atoms with van der Waals surface area (Å²) in [5.41, 5.74) is 0. The Balaban J connectivity index is 3.35. The molecular weight excluding hydrogens is 172 g/mol. The molecule has 0 aromatic carbocycles. The van der Waals surface area contributed by atoms with Gasteiger partial charge in [0.25, 0.3) is 5.97 Å². The van der Waals surface area contributed by atoms with Gasteiger partial charge in [-0.15, -0.1) is 0 Å². The van der Waals surface area contributed by atoms with Crippen molar-refractivity contribution in [3.05, 3.63) is 0 Å². The highest BCUT2D eigenvalue weighted by atomic mass is 16.7. The van der Waals surface area contributed by atoms with Gasteiger partial charge in [-0.05, 0) is 6.42 Å². The smallest absolute Gasteiger partial charge is 0.277 e. The second-order valence-corrected chi connectivity index (χ2v) is 3.48. The zero-order chi connectivity index (χ0) is 10.3. The molecule has 0 aliphatic heterocycles. The van der Waals surface area contributed by atoms with E-state index in [1.165, 1.54) is 0 Å². The largest absolute Gasteiger partial charge is 0.393 e. The standard InChI is InChI=1S/C9H20O4/c1-2-3-4-5-6-8(10)7-9(11,12)13/h8,10-13H,2-7H2,1H3. The molecule has 4 nitrogen and oxygen atoms in total. The van der Waals surface area contributed by atoms with Crippen LogP contribution in [0.1, 0.15) is 45.4 Å². The second-order valence-electron chi connectivity index (χ2n) is 3.48. The molecule has 1 unspecified atom stereocenters. The van der Waals surface area contributed by atoms with Gasteiger partial charge in [-0.25, -0.2) is 0 Å². The first-order valence-electron chi connectivity index (χ1n) is 4.81. The number of unbranched alkanes of at least 4 members (excludes halogenated alkanes) is 3. The second kappa shape index (κ2) is 6.32. The average molecular weight is 192 g/mol. The third-order valence-electron chi connectivity index (χ3n) is 1.90. The molecule has 0 heterocycles. The van der Waals surface area contributed by atoms with Crippen LogP contribution in [0.3, 0.4) is 0 Å². The molecule has 0 spiro atoms. The monoisotopic (exact) mass is 192 g/mol. The maximum Gasteiger partial charge on any atom is 0.277 e. The van der Waals surface area contributed by atoms with Gasteiger partial charge in [-0.2, -0.15) is 0 Å². The van der Waals surface area contributed by atoms with Gasteiger partial charge < -0.3 is 20.4 Å². The quantitative estimate of drug-likeness (QED) is 0.346. The third kappa shape index (κ3) is 9.76. The van der Waals surface area contributed by atoms with Crippen LogP contribution in [0.15, 0.2) is 0 Å². The summed E-state index contributed by atoms with van der Waals surface area (Å²) < 4.78 is 0. The van der Waals surface area contributed by atoms with Crippen molar-refractivity contribution in [2.24, 2.45) is 0 Å². The summed E-state index contributed by atoms with van der Waals surface area (Å²) in [7, 11) is 0. The van der Waals surface area contributed by atoms with E-state index < -0.39 is 18.5 Å². The Morgan fingerprint density at radius 1 is 1.08 bits per heavy atom. The Kier molecular flexibility index (Phi) is 6.24. The molecule has 0 saturated heterocycles. The summed E-state index contributed by atoms with van der Waals surface area (Å²) in [6, 6.07) is 0. The lowest BCUT2D eigenvalue weighted by Crippen LogP contribution is -2.32. The van der Waals surface area contributed by atoms with Gasteiger partial charge in [0.15, 0.2) is 0 Å². The summed E-state index contributed by atoms with van der Waals surface area (Å²) in [5.74, 6) is -2.73. The average Bonchev–Trinajstić information content (AvgIpc) is 1.94. The molecule has 0 aromatic heterocycles. The van der Waals surface area contributed by atoms with Crippen LogP contribution >= 0.6 is 0 Å². The van der Waals surface area contributed by atoms with Crippen molar-refractivity contribution in [1.29, 1.82) is 0 Å². The van der Waals surface area contributed by atoms with E-state index in [-0.39, 0.29) is 0 Å². The highest BCUT2D eigenvalue weighted by molar-refractivity contribution is 4.60. The molecule has 1 atom stereocenters. The minimum Gasteiger partial charge on any atom is -0.393 e. The van der Waals surface area contributed by atoms with Crippen molar-refractivity contribution < 1.29 is 20.4 Å². The Labute approximate surface area is 78.8 Å². The molecule has 0 amide bonds. The van der Waals surface area contributed by atoms with Gasteiger partial charge in [-0.3, -0.25) is 0 Å². The molecule has 0 aromatic rings. The summed E-state index contributed by atoms with van der Waals surface area (Å²) >= 11 is 0. The number of hydrogen-bond acceptors (Lipinski definition) is 4. The van der Waals surface area contributed by atoms with Crippen LogP contribution < -0.4 is 0 Å². The molecule has 0 aliphatic carbocycles. The zero-order valence-corrected chi connectivity index (χ0v) is 8.11. The minimum atomic E-state index is -2.73. The fraction of sp³-hybridized carbons (Fsp3) is 1.00. The SMILES string of the molecule is CCCCCCC(O)CC(O)(O)O. The zero-order valence-electron chi connectivity index (χ0n) is 8.11. The van der Waals surface area contributed by atoms with Gasteiger partial charge in [0.1, 0.15) is 0 Å².